The Kier molecular flexibility index (Phi) is 7.49. The van der Waals surface area contributed by atoms with Gasteiger partial charge in [0.25, 0.3) is 0 Å². The molecular weight excluding hydrogens is 366 g/mol. The highest BCUT2D eigenvalue weighted by Crippen LogP contribution is 2.29. The largest absolute Gasteiger partial charge is 0.496 e. The topological polar surface area (TPSA) is 62.8 Å². The van der Waals surface area contributed by atoms with Crippen molar-refractivity contribution in [2.75, 3.05) is 33.3 Å². The van der Waals surface area contributed by atoms with Crippen LogP contribution in [0.2, 0.25) is 0 Å². The Morgan fingerprint density at radius 3 is 2.86 bits per heavy atom. The summed E-state index contributed by atoms with van der Waals surface area (Å²) in [5, 5.41) is 6.46. The number of piperazine rings is 1. The maximum absolute atomic E-state index is 12.6. The molecule has 1 atom stereocenters. The third-order valence-electron chi connectivity index (χ3n) is 4.96. The third kappa shape index (κ3) is 5.95. The van der Waals surface area contributed by atoms with Gasteiger partial charge in [-0.15, -0.1) is 0 Å². The molecule has 2 aromatic rings. The van der Waals surface area contributed by atoms with E-state index < -0.39 is 0 Å². The minimum absolute atomic E-state index is 0.0157. The molecule has 2 N–H and O–H groups in total. The minimum Gasteiger partial charge on any atom is -0.496 e. The van der Waals surface area contributed by atoms with Crippen LogP contribution < -0.4 is 20.1 Å². The Bertz CT molecular complexity index is 809. The summed E-state index contributed by atoms with van der Waals surface area (Å²) in [5.74, 6) is 1.70. The molecule has 1 unspecified atom stereocenters. The van der Waals surface area contributed by atoms with Crippen LogP contribution in [0.1, 0.15) is 31.0 Å². The summed E-state index contributed by atoms with van der Waals surface area (Å²) in [7, 11) is 1.68. The van der Waals surface area contributed by atoms with Gasteiger partial charge in [-0.3, -0.25) is 9.69 Å². The van der Waals surface area contributed by atoms with Gasteiger partial charge in [-0.2, -0.15) is 0 Å². The molecule has 0 radical (unpaired) electrons. The number of carbonyl (C=O) groups is 1. The standard InChI is InChI=1S/C23H31N3O3/c1-17(2)29-19-8-6-7-18(13-19)14-25-23(27)16-26-12-11-24-15-21(26)20-9-4-5-10-22(20)28-3/h4-10,13,17,21,24H,11-12,14-16H2,1-3H3,(H,25,27). The van der Waals surface area contributed by atoms with Crippen molar-refractivity contribution in [2.45, 2.75) is 32.5 Å². The molecular formula is C23H31N3O3. The highest BCUT2D eigenvalue weighted by molar-refractivity contribution is 5.78. The Morgan fingerprint density at radius 2 is 2.07 bits per heavy atom. The van der Waals surface area contributed by atoms with E-state index in [2.05, 4.69) is 21.6 Å². The number of nitrogens with one attached hydrogen (secondary N) is 2. The molecule has 1 aliphatic rings. The Balaban J connectivity index is 1.60. The number of rotatable bonds is 8. The normalized spacial score (nSPS) is 17.2. The molecule has 1 amide bonds. The summed E-state index contributed by atoms with van der Waals surface area (Å²) in [6.07, 6.45) is 0.125. The lowest BCUT2D eigenvalue weighted by Crippen LogP contribution is -2.49. The van der Waals surface area contributed by atoms with E-state index in [9.17, 15) is 4.79 Å². The zero-order valence-corrected chi connectivity index (χ0v) is 17.5. The van der Waals surface area contributed by atoms with Crippen molar-refractivity contribution < 1.29 is 14.3 Å². The Labute approximate surface area is 173 Å². The van der Waals surface area contributed by atoms with Crippen LogP contribution in [0.5, 0.6) is 11.5 Å². The van der Waals surface area contributed by atoms with Crippen molar-refractivity contribution in [3.8, 4) is 11.5 Å². The summed E-state index contributed by atoms with van der Waals surface area (Å²) in [4.78, 5) is 14.9. The van der Waals surface area contributed by atoms with Crippen molar-refractivity contribution in [3.63, 3.8) is 0 Å². The SMILES string of the molecule is COc1ccccc1C1CNCCN1CC(=O)NCc1cccc(OC(C)C)c1. The van der Waals surface area contributed by atoms with E-state index in [-0.39, 0.29) is 18.1 Å². The molecule has 3 rings (SSSR count). The molecule has 2 aromatic carbocycles. The number of carbonyl (C=O) groups excluding carboxylic acids is 1. The second-order valence-electron chi connectivity index (χ2n) is 7.52. The fourth-order valence-corrected chi connectivity index (χ4v) is 3.63. The van der Waals surface area contributed by atoms with Crippen molar-refractivity contribution in [1.29, 1.82) is 0 Å². The number of hydrogen-bond acceptors (Lipinski definition) is 5. The summed E-state index contributed by atoms with van der Waals surface area (Å²) in [5.41, 5.74) is 2.13. The van der Waals surface area contributed by atoms with Crippen molar-refractivity contribution in [1.82, 2.24) is 15.5 Å². The van der Waals surface area contributed by atoms with E-state index in [0.717, 1.165) is 42.3 Å². The molecule has 6 nitrogen and oxygen atoms in total. The monoisotopic (exact) mass is 397 g/mol. The Morgan fingerprint density at radius 1 is 1.24 bits per heavy atom. The number of ether oxygens (including phenoxy) is 2. The van der Waals surface area contributed by atoms with Crippen molar-refractivity contribution >= 4 is 5.91 Å². The lowest BCUT2D eigenvalue weighted by atomic mass is 10.0. The smallest absolute Gasteiger partial charge is 0.234 e. The van der Waals surface area contributed by atoms with Crippen LogP contribution in [-0.2, 0) is 11.3 Å². The maximum atomic E-state index is 12.6. The first-order valence-electron chi connectivity index (χ1n) is 10.2. The average Bonchev–Trinajstić information content (AvgIpc) is 2.72. The summed E-state index contributed by atoms with van der Waals surface area (Å²) >= 11 is 0. The number of benzene rings is 2. The molecule has 0 aromatic heterocycles. The van der Waals surface area contributed by atoms with Gasteiger partial charge < -0.3 is 20.1 Å². The summed E-state index contributed by atoms with van der Waals surface area (Å²) in [6.45, 7) is 7.32. The molecule has 1 saturated heterocycles. The second kappa shape index (κ2) is 10.3. The number of para-hydroxylation sites is 1. The number of hydrogen-bond donors (Lipinski definition) is 2. The van der Waals surface area contributed by atoms with Crippen LogP contribution in [0.4, 0.5) is 0 Å². The molecule has 1 aliphatic heterocycles. The molecule has 0 saturated carbocycles. The second-order valence-corrected chi connectivity index (χ2v) is 7.52. The highest BCUT2D eigenvalue weighted by atomic mass is 16.5. The maximum Gasteiger partial charge on any atom is 0.234 e. The Hall–Kier alpha value is -2.57. The number of amides is 1. The minimum atomic E-state index is 0.0157. The lowest BCUT2D eigenvalue weighted by molar-refractivity contribution is -0.123. The van der Waals surface area contributed by atoms with E-state index in [1.54, 1.807) is 7.11 Å². The van der Waals surface area contributed by atoms with Crippen LogP contribution in [0, 0.1) is 0 Å². The van der Waals surface area contributed by atoms with Gasteiger partial charge in [0.05, 0.1) is 25.8 Å². The van der Waals surface area contributed by atoms with Crippen LogP contribution >= 0.6 is 0 Å². The molecule has 1 heterocycles. The van der Waals surface area contributed by atoms with E-state index >= 15 is 0 Å². The zero-order chi connectivity index (χ0) is 20.6. The average molecular weight is 398 g/mol. The summed E-state index contributed by atoms with van der Waals surface area (Å²) < 4.78 is 11.3. The first kappa shape index (κ1) is 21.1. The molecule has 0 bridgehead atoms. The first-order chi connectivity index (χ1) is 14.1. The number of nitrogens with zero attached hydrogens (tertiary/aromatic N) is 1. The van der Waals surface area contributed by atoms with E-state index in [1.165, 1.54) is 0 Å². The van der Waals surface area contributed by atoms with Gasteiger partial charge in [0.1, 0.15) is 11.5 Å². The van der Waals surface area contributed by atoms with E-state index in [4.69, 9.17) is 9.47 Å². The predicted molar refractivity (Wildman–Crippen MR) is 114 cm³/mol. The molecule has 0 spiro atoms. The van der Waals surface area contributed by atoms with E-state index in [0.29, 0.717) is 13.1 Å². The quantitative estimate of drug-likeness (QED) is 0.717. The van der Waals surface area contributed by atoms with Crippen LogP contribution in [0.3, 0.4) is 0 Å². The number of methoxy groups -OCH3 is 1. The van der Waals surface area contributed by atoms with Crippen LogP contribution in [0.25, 0.3) is 0 Å². The van der Waals surface area contributed by atoms with Gasteiger partial charge in [-0.25, -0.2) is 0 Å². The molecule has 29 heavy (non-hydrogen) atoms. The molecule has 6 heteroatoms. The molecule has 1 fully saturated rings. The molecule has 0 aliphatic carbocycles. The van der Waals surface area contributed by atoms with Crippen LogP contribution in [0.15, 0.2) is 48.5 Å². The van der Waals surface area contributed by atoms with E-state index in [1.807, 2.05) is 56.3 Å². The lowest BCUT2D eigenvalue weighted by Gasteiger charge is -2.36. The zero-order valence-electron chi connectivity index (χ0n) is 17.5. The third-order valence-corrected chi connectivity index (χ3v) is 4.96. The highest BCUT2D eigenvalue weighted by Gasteiger charge is 2.27. The fraction of sp³-hybridized carbons (Fsp3) is 0.435. The van der Waals surface area contributed by atoms with Crippen LogP contribution in [-0.4, -0.2) is 50.2 Å². The van der Waals surface area contributed by atoms with Gasteiger partial charge in [-0.05, 0) is 37.6 Å². The fourth-order valence-electron chi connectivity index (χ4n) is 3.63. The van der Waals surface area contributed by atoms with Crippen molar-refractivity contribution in [3.05, 3.63) is 59.7 Å². The van der Waals surface area contributed by atoms with Crippen molar-refractivity contribution in [2.24, 2.45) is 0 Å². The predicted octanol–water partition coefficient (Wildman–Crippen LogP) is 2.75. The summed E-state index contributed by atoms with van der Waals surface area (Å²) in [6, 6.07) is 16.0. The van der Waals surface area contributed by atoms with Gasteiger partial charge >= 0.3 is 0 Å². The van der Waals surface area contributed by atoms with Gasteiger partial charge in [0.2, 0.25) is 5.91 Å². The van der Waals surface area contributed by atoms with Gasteiger partial charge in [-0.1, -0.05) is 30.3 Å². The van der Waals surface area contributed by atoms with Gasteiger partial charge in [0.15, 0.2) is 0 Å². The van der Waals surface area contributed by atoms with Gasteiger partial charge in [0, 0.05) is 31.7 Å². The molecule has 156 valence electrons. The first-order valence-corrected chi connectivity index (χ1v) is 10.2.